The maximum Gasteiger partial charge on any atom is 0.227 e. The summed E-state index contributed by atoms with van der Waals surface area (Å²) in [5, 5.41) is 8.44. The minimum atomic E-state index is -3.34. The molecule has 6 heteroatoms. The predicted octanol–water partition coefficient (Wildman–Crippen LogP) is 0.256. The molecule has 1 atom stereocenters. The molecule has 1 saturated heterocycles. The van der Waals surface area contributed by atoms with E-state index in [0.29, 0.717) is 19.1 Å². The number of nitrogens with zero attached hydrogens (tertiary/aromatic N) is 3. The zero-order chi connectivity index (χ0) is 12.2. The predicted molar refractivity (Wildman–Crippen MR) is 62.3 cm³/mol. The molecule has 0 aromatic carbocycles. The van der Waals surface area contributed by atoms with Crippen LogP contribution in [0.2, 0.25) is 0 Å². The topological polar surface area (TPSA) is 64.4 Å². The van der Waals surface area contributed by atoms with Crippen molar-refractivity contribution in [3.05, 3.63) is 0 Å². The summed E-state index contributed by atoms with van der Waals surface area (Å²) in [5.41, 5.74) is 0. The fourth-order valence-electron chi connectivity index (χ4n) is 1.85. The largest absolute Gasteiger partial charge is 0.298 e. The summed E-state index contributed by atoms with van der Waals surface area (Å²) in [6.07, 6.45) is 1.07. The lowest BCUT2D eigenvalue weighted by Gasteiger charge is -2.36. The summed E-state index contributed by atoms with van der Waals surface area (Å²) in [7, 11) is -3.34. The van der Waals surface area contributed by atoms with Gasteiger partial charge in [-0.2, -0.15) is 9.57 Å². The summed E-state index contributed by atoms with van der Waals surface area (Å²) >= 11 is 0. The van der Waals surface area contributed by atoms with Crippen LogP contribution in [0.4, 0.5) is 0 Å². The Hall–Kier alpha value is -0.640. The van der Waals surface area contributed by atoms with Gasteiger partial charge in [0.1, 0.15) is 0 Å². The Kier molecular flexibility index (Phi) is 4.71. The van der Waals surface area contributed by atoms with Crippen LogP contribution in [0.15, 0.2) is 0 Å². The van der Waals surface area contributed by atoms with E-state index in [-0.39, 0.29) is 0 Å². The zero-order valence-electron chi connectivity index (χ0n) is 9.89. The van der Waals surface area contributed by atoms with Crippen molar-refractivity contribution in [3.63, 3.8) is 0 Å². The molecule has 0 aliphatic carbocycles. The third kappa shape index (κ3) is 3.17. The maximum absolute atomic E-state index is 11.6. The highest BCUT2D eigenvalue weighted by molar-refractivity contribution is 7.89. The first-order chi connectivity index (χ1) is 7.51. The summed E-state index contributed by atoms with van der Waals surface area (Å²) in [6, 6.07) is 2.21. The third-order valence-corrected chi connectivity index (χ3v) is 4.77. The van der Waals surface area contributed by atoms with Gasteiger partial charge in [-0.3, -0.25) is 4.90 Å². The molecule has 0 saturated carbocycles. The molecule has 1 rings (SSSR count). The number of rotatable bonds is 4. The summed E-state index contributed by atoms with van der Waals surface area (Å²) in [6.45, 7) is 6.82. The molecule has 92 valence electrons. The SMILES string of the molecule is CCC(C)N1CCN(S(=O)(=O)CC#N)CC1. The molecular formula is C10H19N3O2S. The lowest BCUT2D eigenvalue weighted by Crippen LogP contribution is -2.51. The van der Waals surface area contributed by atoms with Gasteiger partial charge in [-0.05, 0) is 13.3 Å². The summed E-state index contributed by atoms with van der Waals surface area (Å²) in [4.78, 5) is 2.29. The standard InChI is InChI=1S/C10H19N3O2S/c1-3-10(2)12-5-7-13(8-6-12)16(14,15)9-4-11/h10H,3,5-9H2,1-2H3. The van der Waals surface area contributed by atoms with Crippen LogP contribution in [0.3, 0.4) is 0 Å². The third-order valence-electron chi connectivity index (χ3n) is 3.13. The van der Waals surface area contributed by atoms with Crippen LogP contribution in [0, 0.1) is 11.3 Å². The van der Waals surface area contributed by atoms with Gasteiger partial charge >= 0.3 is 0 Å². The molecule has 0 aromatic rings. The number of piperazine rings is 1. The molecule has 0 radical (unpaired) electrons. The van der Waals surface area contributed by atoms with Gasteiger partial charge in [-0.1, -0.05) is 6.92 Å². The van der Waals surface area contributed by atoms with Crippen LogP contribution in [0.1, 0.15) is 20.3 Å². The molecule has 1 fully saturated rings. The van der Waals surface area contributed by atoms with Crippen LogP contribution in [-0.4, -0.2) is 55.6 Å². The number of hydrogen-bond donors (Lipinski definition) is 0. The van der Waals surface area contributed by atoms with E-state index in [9.17, 15) is 8.42 Å². The van der Waals surface area contributed by atoms with Gasteiger partial charge in [0.25, 0.3) is 0 Å². The van der Waals surface area contributed by atoms with Crippen molar-refractivity contribution in [2.75, 3.05) is 31.9 Å². The van der Waals surface area contributed by atoms with Crippen molar-refractivity contribution in [1.82, 2.24) is 9.21 Å². The average molecular weight is 245 g/mol. The van der Waals surface area contributed by atoms with Crippen LogP contribution in [-0.2, 0) is 10.0 Å². The second kappa shape index (κ2) is 5.62. The van der Waals surface area contributed by atoms with E-state index >= 15 is 0 Å². The quantitative estimate of drug-likeness (QED) is 0.712. The monoisotopic (exact) mass is 245 g/mol. The van der Waals surface area contributed by atoms with Crippen LogP contribution >= 0.6 is 0 Å². The van der Waals surface area contributed by atoms with Crippen molar-refractivity contribution in [2.24, 2.45) is 0 Å². The lowest BCUT2D eigenvalue weighted by molar-refractivity contribution is 0.143. The normalized spacial score (nSPS) is 21.6. The Morgan fingerprint density at radius 3 is 2.31 bits per heavy atom. The average Bonchev–Trinajstić information content (AvgIpc) is 2.28. The van der Waals surface area contributed by atoms with E-state index in [2.05, 4.69) is 18.7 Å². The molecule has 16 heavy (non-hydrogen) atoms. The van der Waals surface area contributed by atoms with E-state index in [1.54, 1.807) is 6.07 Å². The van der Waals surface area contributed by atoms with Gasteiger partial charge in [0.2, 0.25) is 10.0 Å². The molecule has 0 amide bonds. The first-order valence-corrected chi connectivity index (χ1v) is 7.21. The molecule has 0 aromatic heterocycles. The van der Waals surface area contributed by atoms with Crippen molar-refractivity contribution < 1.29 is 8.42 Å². The highest BCUT2D eigenvalue weighted by Gasteiger charge is 2.27. The smallest absolute Gasteiger partial charge is 0.227 e. The van der Waals surface area contributed by atoms with E-state index in [0.717, 1.165) is 19.5 Å². The fraction of sp³-hybridized carbons (Fsp3) is 0.900. The van der Waals surface area contributed by atoms with E-state index < -0.39 is 15.8 Å². The van der Waals surface area contributed by atoms with Gasteiger partial charge in [-0.25, -0.2) is 8.42 Å². The second-order valence-corrected chi connectivity index (χ2v) is 6.08. The zero-order valence-corrected chi connectivity index (χ0v) is 10.7. The van der Waals surface area contributed by atoms with Crippen LogP contribution < -0.4 is 0 Å². The summed E-state index contributed by atoms with van der Waals surface area (Å²) < 4.78 is 24.7. The van der Waals surface area contributed by atoms with Crippen molar-refractivity contribution >= 4 is 10.0 Å². The molecular weight excluding hydrogens is 226 g/mol. The van der Waals surface area contributed by atoms with Gasteiger partial charge in [0.15, 0.2) is 5.75 Å². The van der Waals surface area contributed by atoms with Crippen LogP contribution in [0.5, 0.6) is 0 Å². The lowest BCUT2D eigenvalue weighted by atomic mass is 10.2. The highest BCUT2D eigenvalue weighted by atomic mass is 32.2. The fourth-order valence-corrected chi connectivity index (χ4v) is 2.92. The Morgan fingerprint density at radius 1 is 1.31 bits per heavy atom. The molecule has 1 aliphatic heterocycles. The molecule has 0 bridgehead atoms. The Balaban J connectivity index is 2.53. The number of hydrogen-bond acceptors (Lipinski definition) is 4. The Morgan fingerprint density at radius 2 is 1.88 bits per heavy atom. The first-order valence-electron chi connectivity index (χ1n) is 5.60. The minimum absolute atomic E-state index is 0.406. The van der Waals surface area contributed by atoms with E-state index in [1.807, 2.05) is 0 Å². The number of sulfonamides is 1. The minimum Gasteiger partial charge on any atom is -0.298 e. The summed E-state index contributed by atoms with van der Waals surface area (Å²) in [5.74, 6) is -0.406. The van der Waals surface area contributed by atoms with Crippen molar-refractivity contribution in [3.8, 4) is 6.07 Å². The molecule has 1 heterocycles. The molecule has 0 spiro atoms. The van der Waals surface area contributed by atoms with Crippen molar-refractivity contribution in [2.45, 2.75) is 26.3 Å². The van der Waals surface area contributed by atoms with Gasteiger partial charge in [0, 0.05) is 32.2 Å². The first kappa shape index (κ1) is 13.4. The Labute approximate surface area is 97.7 Å². The maximum atomic E-state index is 11.6. The highest BCUT2D eigenvalue weighted by Crippen LogP contribution is 2.11. The van der Waals surface area contributed by atoms with E-state index in [4.69, 9.17) is 5.26 Å². The van der Waals surface area contributed by atoms with Gasteiger partial charge in [0.05, 0.1) is 6.07 Å². The van der Waals surface area contributed by atoms with Gasteiger partial charge in [-0.15, -0.1) is 0 Å². The molecule has 1 unspecified atom stereocenters. The van der Waals surface area contributed by atoms with Crippen molar-refractivity contribution in [1.29, 1.82) is 5.26 Å². The molecule has 1 aliphatic rings. The molecule has 0 N–H and O–H groups in total. The van der Waals surface area contributed by atoms with E-state index in [1.165, 1.54) is 4.31 Å². The molecule has 5 nitrogen and oxygen atoms in total. The number of nitriles is 1. The van der Waals surface area contributed by atoms with Gasteiger partial charge < -0.3 is 0 Å². The Bertz CT molecular complexity index is 353. The second-order valence-electron chi connectivity index (χ2n) is 4.11. The van der Waals surface area contributed by atoms with Crippen LogP contribution in [0.25, 0.3) is 0 Å².